The summed E-state index contributed by atoms with van der Waals surface area (Å²) < 4.78 is 10.5. The summed E-state index contributed by atoms with van der Waals surface area (Å²) in [7, 11) is 1.67. The summed E-state index contributed by atoms with van der Waals surface area (Å²) in [4.78, 5) is 11.6. The number of carboxylic acids is 1. The zero-order valence-electron chi connectivity index (χ0n) is 12.3. The molecule has 4 nitrogen and oxygen atoms in total. The standard InChI is InChI=1S/C15H28O4/c1-3-13-6-4-7-15(12-13,14(16)17)8-11-19-10-5-9-18-2/h13H,3-12H2,1-2H3,(H,16,17). The van der Waals surface area contributed by atoms with Gasteiger partial charge >= 0.3 is 5.97 Å². The fourth-order valence-corrected chi connectivity index (χ4v) is 3.04. The molecule has 1 saturated carbocycles. The van der Waals surface area contributed by atoms with Crippen molar-refractivity contribution in [2.45, 2.75) is 51.9 Å². The number of carbonyl (C=O) groups is 1. The van der Waals surface area contributed by atoms with Gasteiger partial charge in [-0.25, -0.2) is 0 Å². The summed E-state index contributed by atoms with van der Waals surface area (Å²) in [6.45, 7) is 4.05. The molecule has 4 heteroatoms. The van der Waals surface area contributed by atoms with Gasteiger partial charge in [0.05, 0.1) is 5.41 Å². The number of hydrogen-bond donors (Lipinski definition) is 1. The summed E-state index contributed by atoms with van der Waals surface area (Å²) in [5, 5.41) is 9.57. The predicted octanol–water partition coefficient (Wildman–Crippen LogP) is 3.10. The molecule has 2 unspecified atom stereocenters. The molecule has 1 rings (SSSR count). The molecule has 2 atom stereocenters. The summed E-state index contributed by atoms with van der Waals surface area (Å²) in [6.07, 6.45) is 6.44. The maximum atomic E-state index is 11.6. The largest absolute Gasteiger partial charge is 0.481 e. The van der Waals surface area contributed by atoms with Crippen LogP contribution in [-0.4, -0.2) is 38.0 Å². The van der Waals surface area contributed by atoms with E-state index in [1.165, 1.54) is 6.42 Å². The third-order valence-corrected chi connectivity index (χ3v) is 4.34. The Kier molecular flexibility index (Phi) is 7.39. The van der Waals surface area contributed by atoms with E-state index >= 15 is 0 Å². The van der Waals surface area contributed by atoms with Crippen LogP contribution in [-0.2, 0) is 14.3 Å². The predicted molar refractivity (Wildman–Crippen MR) is 74.2 cm³/mol. The number of rotatable bonds is 9. The van der Waals surface area contributed by atoms with Gasteiger partial charge in [0.15, 0.2) is 0 Å². The van der Waals surface area contributed by atoms with Crippen molar-refractivity contribution in [1.29, 1.82) is 0 Å². The van der Waals surface area contributed by atoms with Crippen LogP contribution in [0.5, 0.6) is 0 Å². The fraction of sp³-hybridized carbons (Fsp3) is 0.933. The SMILES string of the molecule is CCC1CCCC(CCOCCCOC)(C(=O)O)C1. The molecule has 112 valence electrons. The van der Waals surface area contributed by atoms with Gasteiger partial charge in [0, 0.05) is 26.9 Å². The molecule has 0 saturated heterocycles. The van der Waals surface area contributed by atoms with Crippen molar-refractivity contribution in [2.24, 2.45) is 11.3 Å². The summed E-state index contributed by atoms with van der Waals surface area (Å²) in [6, 6.07) is 0. The molecular weight excluding hydrogens is 244 g/mol. The lowest BCUT2D eigenvalue weighted by Crippen LogP contribution is -2.37. The van der Waals surface area contributed by atoms with Crippen LogP contribution in [0.3, 0.4) is 0 Å². The van der Waals surface area contributed by atoms with Crippen molar-refractivity contribution in [3.63, 3.8) is 0 Å². The van der Waals surface area contributed by atoms with Gasteiger partial charge in [-0.3, -0.25) is 4.79 Å². The molecule has 0 aromatic carbocycles. The van der Waals surface area contributed by atoms with Crippen LogP contribution >= 0.6 is 0 Å². The number of ether oxygens (including phenoxy) is 2. The fourth-order valence-electron chi connectivity index (χ4n) is 3.04. The van der Waals surface area contributed by atoms with E-state index in [1.54, 1.807) is 7.11 Å². The summed E-state index contributed by atoms with van der Waals surface area (Å²) in [5.41, 5.74) is -0.541. The first-order valence-corrected chi connectivity index (χ1v) is 7.44. The van der Waals surface area contributed by atoms with Crippen molar-refractivity contribution in [3.8, 4) is 0 Å². The van der Waals surface area contributed by atoms with E-state index in [0.717, 1.165) is 32.1 Å². The first-order valence-electron chi connectivity index (χ1n) is 7.44. The molecular formula is C15H28O4. The third kappa shape index (κ3) is 5.11. The molecule has 0 aromatic heterocycles. The van der Waals surface area contributed by atoms with Crippen LogP contribution in [0.2, 0.25) is 0 Å². The molecule has 0 amide bonds. The Morgan fingerprint density at radius 1 is 1.37 bits per heavy atom. The molecule has 1 aliphatic carbocycles. The van der Waals surface area contributed by atoms with Crippen LogP contribution in [0.15, 0.2) is 0 Å². The first kappa shape index (κ1) is 16.4. The number of methoxy groups -OCH3 is 1. The maximum absolute atomic E-state index is 11.6. The van der Waals surface area contributed by atoms with E-state index < -0.39 is 11.4 Å². The molecule has 0 aromatic rings. The van der Waals surface area contributed by atoms with Crippen LogP contribution in [0.1, 0.15) is 51.9 Å². The van der Waals surface area contributed by atoms with Gasteiger partial charge in [-0.05, 0) is 31.6 Å². The van der Waals surface area contributed by atoms with Crippen LogP contribution in [0.4, 0.5) is 0 Å². The van der Waals surface area contributed by atoms with E-state index in [0.29, 0.717) is 32.2 Å². The normalized spacial score (nSPS) is 27.4. The minimum absolute atomic E-state index is 0.541. The maximum Gasteiger partial charge on any atom is 0.309 e. The number of aliphatic carboxylic acids is 1. The smallest absolute Gasteiger partial charge is 0.309 e. The van der Waals surface area contributed by atoms with Gasteiger partial charge in [-0.2, -0.15) is 0 Å². The Bertz CT molecular complexity index is 267. The molecule has 0 aliphatic heterocycles. The van der Waals surface area contributed by atoms with E-state index in [-0.39, 0.29) is 0 Å². The van der Waals surface area contributed by atoms with Gasteiger partial charge in [-0.1, -0.05) is 26.2 Å². The minimum atomic E-state index is -0.633. The third-order valence-electron chi connectivity index (χ3n) is 4.34. The molecule has 0 spiro atoms. The average molecular weight is 272 g/mol. The van der Waals surface area contributed by atoms with E-state index in [4.69, 9.17) is 9.47 Å². The van der Waals surface area contributed by atoms with Crippen molar-refractivity contribution < 1.29 is 19.4 Å². The molecule has 19 heavy (non-hydrogen) atoms. The second kappa shape index (κ2) is 8.54. The van der Waals surface area contributed by atoms with Crippen LogP contribution < -0.4 is 0 Å². The number of hydrogen-bond acceptors (Lipinski definition) is 3. The topological polar surface area (TPSA) is 55.8 Å². The van der Waals surface area contributed by atoms with Crippen molar-refractivity contribution in [3.05, 3.63) is 0 Å². The zero-order valence-corrected chi connectivity index (χ0v) is 12.3. The first-order chi connectivity index (χ1) is 9.14. The lowest BCUT2D eigenvalue weighted by molar-refractivity contribution is -0.154. The Balaban J connectivity index is 2.37. The van der Waals surface area contributed by atoms with Gasteiger partial charge in [0.25, 0.3) is 0 Å². The Morgan fingerprint density at radius 2 is 2.16 bits per heavy atom. The zero-order chi connectivity index (χ0) is 14.1. The highest BCUT2D eigenvalue weighted by Gasteiger charge is 2.41. The highest BCUT2D eigenvalue weighted by molar-refractivity contribution is 5.74. The minimum Gasteiger partial charge on any atom is -0.481 e. The second-order valence-corrected chi connectivity index (χ2v) is 5.66. The monoisotopic (exact) mass is 272 g/mol. The summed E-state index contributed by atoms with van der Waals surface area (Å²) in [5.74, 6) is -0.0653. The lowest BCUT2D eigenvalue weighted by Gasteiger charge is -2.37. The molecule has 0 heterocycles. The Hall–Kier alpha value is -0.610. The molecule has 1 N–H and O–H groups in total. The highest BCUT2D eigenvalue weighted by Crippen LogP contribution is 2.43. The van der Waals surface area contributed by atoms with E-state index in [9.17, 15) is 9.90 Å². The van der Waals surface area contributed by atoms with E-state index in [1.807, 2.05) is 0 Å². The van der Waals surface area contributed by atoms with Gasteiger partial charge in [0.2, 0.25) is 0 Å². The lowest BCUT2D eigenvalue weighted by atomic mass is 9.67. The Labute approximate surface area is 116 Å². The average Bonchev–Trinajstić information content (AvgIpc) is 2.42. The second-order valence-electron chi connectivity index (χ2n) is 5.66. The molecule has 1 aliphatic rings. The van der Waals surface area contributed by atoms with E-state index in [2.05, 4.69) is 6.92 Å². The number of carboxylic acid groups (broad SMARTS) is 1. The van der Waals surface area contributed by atoms with Crippen molar-refractivity contribution in [2.75, 3.05) is 26.9 Å². The van der Waals surface area contributed by atoms with Gasteiger partial charge in [0.1, 0.15) is 0 Å². The molecule has 0 radical (unpaired) electrons. The van der Waals surface area contributed by atoms with Crippen molar-refractivity contribution in [1.82, 2.24) is 0 Å². The van der Waals surface area contributed by atoms with Crippen LogP contribution in [0.25, 0.3) is 0 Å². The van der Waals surface area contributed by atoms with Crippen molar-refractivity contribution >= 4 is 5.97 Å². The highest BCUT2D eigenvalue weighted by atomic mass is 16.5. The Morgan fingerprint density at radius 3 is 2.79 bits per heavy atom. The van der Waals surface area contributed by atoms with Gasteiger partial charge < -0.3 is 14.6 Å². The molecule has 1 fully saturated rings. The van der Waals surface area contributed by atoms with Crippen LogP contribution in [0, 0.1) is 11.3 Å². The molecule has 0 bridgehead atoms. The quantitative estimate of drug-likeness (QED) is 0.655. The summed E-state index contributed by atoms with van der Waals surface area (Å²) >= 11 is 0. The van der Waals surface area contributed by atoms with Gasteiger partial charge in [-0.15, -0.1) is 0 Å².